The number of carbonyl (C=O) groups is 1. The van der Waals surface area contributed by atoms with E-state index in [1.54, 1.807) is 6.07 Å². The van der Waals surface area contributed by atoms with Gasteiger partial charge in [-0.15, -0.1) is 0 Å². The Hall–Kier alpha value is -4.25. The number of carboxylic acid groups (broad SMARTS) is 1. The summed E-state index contributed by atoms with van der Waals surface area (Å²) in [7, 11) is 7.88. The summed E-state index contributed by atoms with van der Waals surface area (Å²) in [5.74, 6) is -1.14. The smallest absolute Gasteiger partial charge is 0.336 e. The highest BCUT2D eigenvalue weighted by Gasteiger charge is 2.24. The number of aromatic carboxylic acids is 1. The summed E-state index contributed by atoms with van der Waals surface area (Å²) in [6.07, 6.45) is 0. The van der Waals surface area contributed by atoms with E-state index in [0.717, 1.165) is 46.8 Å². The van der Waals surface area contributed by atoms with Crippen LogP contribution in [0.15, 0.2) is 97.1 Å². The van der Waals surface area contributed by atoms with Gasteiger partial charge in [-0.2, -0.15) is 0 Å². The van der Waals surface area contributed by atoms with Crippen LogP contribution in [0, 0.1) is 0 Å². The number of hydrogen-bond donors (Lipinski definition) is 1. The van der Waals surface area contributed by atoms with Crippen LogP contribution in [0.4, 0.5) is 17.1 Å². The van der Waals surface area contributed by atoms with Crippen molar-refractivity contribution in [2.45, 2.75) is 19.4 Å². The van der Waals surface area contributed by atoms with E-state index in [4.69, 9.17) is 0 Å². The van der Waals surface area contributed by atoms with Crippen LogP contribution in [-0.4, -0.2) is 45.8 Å². The molecule has 0 saturated heterocycles. The van der Waals surface area contributed by atoms with Crippen LogP contribution in [0.1, 0.15) is 45.5 Å². The molecule has 0 aliphatic heterocycles. The second-order valence-corrected chi connectivity index (χ2v) is 9.98. The fourth-order valence-corrected chi connectivity index (χ4v) is 4.84. The molecular formula is C33H37N3O2. The standard InChI is InChI=1S/C33H37N3O2/c1-6-36(23-24-10-8-7-9-11-24)28-18-14-26(15-19-28)32(25-12-16-27(17-13-25)34(2)3)30-21-20-29(35(4)5)22-31(30)33(37)38/h7-22,32H,6,23H2,1-5H3,(H,37,38). The summed E-state index contributed by atoms with van der Waals surface area (Å²) >= 11 is 0. The minimum absolute atomic E-state index is 0.216. The maximum absolute atomic E-state index is 12.4. The van der Waals surface area contributed by atoms with Gasteiger partial charge in [-0.05, 0) is 65.6 Å². The Morgan fingerprint density at radius 3 is 1.74 bits per heavy atom. The fraction of sp³-hybridized carbons (Fsp3) is 0.242. The Morgan fingerprint density at radius 1 is 0.711 bits per heavy atom. The molecule has 4 aromatic rings. The average Bonchev–Trinajstić information content (AvgIpc) is 2.93. The third kappa shape index (κ3) is 6.00. The molecule has 5 nitrogen and oxygen atoms in total. The third-order valence-electron chi connectivity index (χ3n) is 7.03. The molecule has 4 rings (SSSR count). The molecule has 0 bridgehead atoms. The summed E-state index contributed by atoms with van der Waals surface area (Å²) in [6.45, 7) is 3.89. The lowest BCUT2D eigenvalue weighted by Gasteiger charge is -2.26. The lowest BCUT2D eigenvalue weighted by molar-refractivity contribution is 0.0695. The van der Waals surface area contributed by atoms with E-state index in [2.05, 4.69) is 89.5 Å². The molecule has 0 radical (unpaired) electrons. The Labute approximate surface area is 226 Å². The quantitative estimate of drug-likeness (QED) is 0.241. The van der Waals surface area contributed by atoms with Crippen LogP contribution < -0.4 is 14.7 Å². The molecule has 0 aliphatic carbocycles. The largest absolute Gasteiger partial charge is 0.478 e. The topological polar surface area (TPSA) is 47.0 Å². The van der Waals surface area contributed by atoms with E-state index >= 15 is 0 Å². The van der Waals surface area contributed by atoms with Gasteiger partial charge in [0.05, 0.1) is 5.56 Å². The number of rotatable bonds is 10. The summed E-state index contributed by atoms with van der Waals surface area (Å²) in [5.41, 5.74) is 7.59. The van der Waals surface area contributed by atoms with E-state index in [0.29, 0.717) is 5.56 Å². The third-order valence-corrected chi connectivity index (χ3v) is 7.03. The Balaban J connectivity index is 1.77. The van der Waals surface area contributed by atoms with Crippen LogP contribution >= 0.6 is 0 Å². The van der Waals surface area contributed by atoms with Crippen molar-refractivity contribution in [2.24, 2.45) is 0 Å². The zero-order chi connectivity index (χ0) is 27.2. The fourth-order valence-electron chi connectivity index (χ4n) is 4.84. The molecule has 1 unspecified atom stereocenters. The predicted octanol–water partition coefficient (Wildman–Crippen LogP) is 6.72. The van der Waals surface area contributed by atoms with Crippen LogP contribution in [0.5, 0.6) is 0 Å². The zero-order valence-corrected chi connectivity index (χ0v) is 22.9. The van der Waals surface area contributed by atoms with Gasteiger partial charge in [0.1, 0.15) is 0 Å². The zero-order valence-electron chi connectivity index (χ0n) is 22.9. The number of benzene rings is 4. The van der Waals surface area contributed by atoms with Crippen LogP contribution in [0.25, 0.3) is 0 Å². The van der Waals surface area contributed by atoms with Gasteiger partial charge in [-0.3, -0.25) is 0 Å². The number of anilines is 3. The molecule has 0 fully saturated rings. The summed E-state index contributed by atoms with van der Waals surface area (Å²) in [6, 6.07) is 33.2. The molecule has 0 aromatic heterocycles. The summed E-state index contributed by atoms with van der Waals surface area (Å²) in [5, 5.41) is 10.2. The Bertz CT molecular complexity index is 1350. The predicted molar refractivity (Wildman–Crippen MR) is 159 cm³/mol. The van der Waals surface area contributed by atoms with Crippen LogP contribution in [-0.2, 0) is 6.54 Å². The lowest BCUT2D eigenvalue weighted by atomic mass is 9.82. The average molecular weight is 508 g/mol. The van der Waals surface area contributed by atoms with Crippen molar-refractivity contribution >= 4 is 23.0 Å². The van der Waals surface area contributed by atoms with Gasteiger partial charge in [0.15, 0.2) is 0 Å². The van der Waals surface area contributed by atoms with Crippen molar-refractivity contribution in [3.63, 3.8) is 0 Å². The first-order chi connectivity index (χ1) is 18.3. The molecule has 38 heavy (non-hydrogen) atoms. The molecule has 0 spiro atoms. The maximum Gasteiger partial charge on any atom is 0.336 e. The van der Waals surface area contributed by atoms with Crippen LogP contribution in [0.3, 0.4) is 0 Å². The highest BCUT2D eigenvalue weighted by molar-refractivity contribution is 5.91. The van der Waals surface area contributed by atoms with Crippen molar-refractivity contribution in [2.75, 3.05) is 49.4 Å². The molecule has 0 saturated carbocycles. The Morgan fingerprint density at radius 2 is 1.24 bits per heavy atom. The summed E-state index contributed by atoms with van der Waals surface area (Å²) < 4.78 is 0. The summed E-state index contributed by atoms with van der Waals surface area (Å²) in [4.78, 5) is 18.8. The van der Waals surface area contributed by atoms with Crippen LogP contribution in [0.2, 0.25) is 0 Å². The molecular weight excluding hydrogens is 470 g/mol. The molecule has 1 N–H and O–H groups in total. The lowest BCUT2D eigenvalue weighted by Crippen LogP contribution is -2.22. The van der Waals surface area contributed by atoms with Crippen molar-refractivity contribution < 1.29 is 9.90 Å². The van der Waals surface area contributed by atoms with Crippen molar-refractivity contribution in [1.82, 2.24) is 0 Å². The number of hydrogen-bond acceptors (Lipinski definition) is 4. The molecule has 0 heterocycles. The Kier molecular flexibility index (Phi) is 8.37. The van der Waals surface area contributed by atoms with Gasteiger partial charge in [-0.1, -0.05) is 60.7 Å². The normalized spacial score (nSPS) is 11.6. The highest BCUT2D eigenvalue weighted by atomic mass is 16.4. The number of nitrogens with zero attached hydrogens (tertiary/aromatic N) is 3. The minimum Gasteiger partial charge on any atom is -0.478 e. The van der Waals surface area contributed by atoms with Gasteiger partial charge in [0, 0.05) is 64.3 Å². The monoisotopic (exact) mass is 507 g/mol. The van der Waals surface area contributed by atoms with Crippen molar-refractivity contribution in [1.29, 1.82) is 0 Å². The van der Waals surface area contributed by atoms with Gasteiger partial charge in [0.25, 0.3) is 0 Å². The van der Waals surface area contributed by atoms with Gasteiger partial charge in [0.2, 0.25) is 0 Å². The highest BCUT2D eigenvalue weighted by Crippen LogP contribution is 2.37. The first-order valence-corrected chi connectivity index (χ1v) is 13.0. The van der Waals surface area contributed by atoms with Crippen molar-refractivity contribution in [3.05, 3.63) is 125 Å². The molecule has 5 heteroatoms. The SMILES string of the molecule is CCN(Cc1ccccc1)c1ccc(C(c2ccc(N(C)C)cc2)c2ccc(N(C)C)cc2C(=O)O)cc1. The van der Waals surface area contributed by atoms with E-state index in [-0.39, 0.29) is 5.92 Å². The second-order valence-electron chi connectivity index (χ2n) is 9.98. The molecule has 196 valence electrons. The van der Waals surface area contributed by atoms with E-state index < -0.39 is 5.97 Å². The van der Waals surface area contributed by atoms with E-state index in [1.807, 2.05) is 51.3 Å². The second kappa shape index (κ2) is 11.9. The number of carboxylic acids is 1. The van der Waals surface area contributed by atoms with E-state index in [9.17, 15) is 9.90 Å². The first-order valence-electron chi connectivity index (χ1n) is 13.0. The van der Waals surface area contributed by atoms with Gasteiger partial charge < -0.3 is 19.8 Å². The molecule has 4 aromatic carbocycles. The molecule has 0 aliphatic rings. The maximum atomic E-state index is 12.4. The molecule has 0 amide bonds. The van der Waals surface area contributed by atoms with Gasteiger partial charge >= 0.3 is 5.97 Å². The first kappa shape index (κ1) is 26.8. The van der Waals surface area contributed by atoms with Gasteiger partial charge in [-0.25, -0.2) is 4.79 Å². The van der Waals surface area contributed by atoms with E-state index in [1.165, 1.54) is 5.56 Å². The molecule has 1 atom stereocenters. The van der Waals surface area contributed by atoms with Crippen molar-refractivity contribution in [3.8, 4) is 0 Å². The minimum atomic E-state index is -0.921.